The Morgan fingerprint density at radius 3 is 2.06 bits per heavy atom. The fourth-order valence-electron chi connectivity index (χ4n) is 2.69. The SMILES string of the molecule is CCCCCN(C(=N)N)C(C)(CCC)CCCC. The van der Waals surface area contributed by atoms with E-state index < -0.39 is 0 Å². The minimum Gasteiger partial charge on any atom is -0.370 e. The van der Waals surface area contributed by atoms with Gasteiger partial charge in [0, 0.05) is 12.1 Å². The fourth-order valence-corrected chi connectivity index (χ4v) is 2.69. The van der Waals surface area contributed by atoms with Crippen LogP contribution in [0.3, 0.4) is 0 Å². The summed E-state index contributed by atoms with van der Waals surface area (Å²) in [5, 5.41) is 7.86. The fraction of sp³-hybridized carbons (Fsp3) is 0.933. The molecule has 0 amide bonds. The molecule has 1 atom stereocenters. The first-order valence-electron chi connectivity index (χ1n) is 7.63. The highest BCUT2D eigenvalue weighted by atomic mass is 15.3. The average Bonchev–Trinajstić information content (AvgIpc) is 2.32. The maximum atomic E-state index is 7.86. The molecule has 0 aliphatic rings. The Morgan fingerprint density at radius 1 is 1.00 bits per heavy atom. The van der Waals surface area contributed by atoms with Gasteiger partial charge in [-0.25, -0.2) is 0 Å². The lowest BCUT2D eigenvalue weighted by molar-refractivity contribution is 0.155. The molecule has 0 heterocycles. The molecule has 0 radical (unpaired) electrons. The first-order chi connectivity index (χ1) is 8.51. The third-order valence-electron chi connectivity index (χ3n) is 3.79. The molecule has 0 aliphatic heterocycles. The van der Waals surface area contributed by atoms with Crippen LogP contribution in [0.15, 0.2) is 0 Å². The van der Waals surface area contributed by atoms with E-state index in [1.165, 1.54) is 25.7 Å². The van der Waals surface area contributed by atoms with Crippen LogP contribution in [0.4, 0.5) is 0 Å². The summed E-state index contributed by atoms with van der Waals surface area (Å²) in [4.78, 5) is 2.14. The Labute approximate surface area is 114 Å². The molecule has 0 saturated heterocycles. The topological polar surface area (TPSA) is 53.1 Å². The van der Waals surface area contributed by atoms with Crippen molar-refractivity contribution in [3.63, 3.8) is 0 Å². The molecule has 3 N–H and O–H groups in total. The van der Waals surface area contributed by atoms with E-state index >= 15 is 0 Å². The second kappa shape index (κ2) is 9.23. The van der Waals surface area contributed by atoms with Crippen LogP contribution in [0.25, 0.3) is 0 Å². The van der Waals surface area contributed by atoms with Crippen LogP contribution < -0.4 is 5.73 Å². The highest BCUT2D eigenvalue weighted by molar-refractivity contribution is 5.75. The van der Waals surface area contributed by atoms with E-state index in [1.807, 2.05) is 0 Å². The van der Waals surface area contributed by atoms with Crippen molar-refractivity contribution in [2.45, 2.75) is 84.6 Å². The van der Waals surface area contributed by atoms with Gasteiger partial charge >= 0.3 is 0 Å². The minimum absolute atomic E-state index is 0.0737. The first kappa shape index (κ1) is 17.3. The molecule has 0 spiro atoms. The van der Waals surface area contributed by atoms with Crippen molar-refractivity contribution in [1.29, 1.82) is 5.41 Å². The largest absolute Gasteiger partial charge is 0.370 e. The van der Waals surface area contributed by atoms with Crippen LogP contribution in [0.5, 0.6) is 0 Å². The zero-order valence-electron chi connectivity index (χ0n) is 12.9. The van der Waals surface area contributed by atoms with Gasteiger partial charge in [-0.2, -0.15) is 0 Å². The lowest BCUT2D eigenvalue weighted by Gasteiger charge is -2.42. The van der Waals surface area contributed by atoms with Crippen molar-refractivity contribution >= 4 is 5.96 Å². The number of hydrogen-bond acceptors (Lipinski definition) is 1. The van der Waals surface area contributed by atoms with Crippen molar-refractivity contribution in [2.24, 2.45) is 5.73 Å². The molecular weight excluding hydrogens is 222 g/mol. The van der Waals surface area contributed by atoms with Crippen molar-refractivity contribution in [2.75, 3.05) is 6.54 Å². The number of hydrogen-bond donors (Lipinski definition) is 2. The van der Waals surface area contributed by atoms with Gasteiger partial charge in [0.1, 0.15) is 0 Å². The molecule has 1 unspecified atom stereocenters. The Balaban J connectivity index is 4.68. The van der Waals surface area contributed by atoms with Crippen molar-refractivity contribution in [3.05, 3.63) is 0 Å². The maximum Gasteiger partial charge on any atom is 0.188 e. The lowest BCUT2D eigenvalue weighted by atomic mass is 9.88. The normalized spacial score (nSPS) is 14.2. The van der Waals surface area contributed by atoms with E-state index in [9.17, 15) is 0 Å². The van der Waals surface area contributed by atoms with Gasteiger partial charge in [-0.1, -0.05) is 52.9 Å². The molecule has 3 nitrogen and oxygen atoms in total. The monoisotopic (exact) mass is 255 g/mol. The molecule has 18 heavy (non-hydrogen) atoms. The van der Waals surface area contributed by atoms with Gasteiger partial charge in [-0.15, -0.1) is 0 Å². The molecular formula is C15H33N3. The van der Waals surface area contributed by atoms with Crippen LogP contribution in [-0.2, 0) is 0 Å². The number of nitrogens with one attached hydrogen (secondary N) is 1. The van der Waals surface area contributed by atoms with Crippen molar-refractivity contribution < 1.29 is 0 Å². The number of nitrogens with zero attached hydrogens (tertiary/aromatic N) is 1. The van der Waals surface area contributed by atoms with E-state index in [1.54, 1.807) is 0 Å². The number of unbranched alkanes of at least 4 members (excludes halogenated alkanes) is 3. The van der Waals surface area contributed by atoms with Crippen LogP contribution >= 0.6 is 0 Å². The predicted molar refractivity (Wildman–Crippen MR) is 81.0 cm³/mol. The Bertz CT molecular complexity index is 228. The summed E-state index contributed by atoms with van der Waals surface area (Å²) in [7, 11) is 0. The molecule has 0 aromatic rings. The van der Waals surface area contributed by atoms with Gasteiger partial charge in [0.05, 0.1) is 0 Å². The lowest BCUT2D eigenvalue weighted by Crippen LogP contribution is -2.52. The molecule has 0 saturated carbocycles. The van der Waals surface area contributed by atoms with E-state index in [4.69, 9.17) is 11.1 Å². The van der Waals surface area contributed by atoms with Crippen LogP contribution in [0.1, 0.15) is 79.1 Å². The zero-order chi connectivity index (χ0) is 14.0. The van der Waals surface area contributed by atoms with Gasteiger partial charge < -0.3 is 10.6 Å². The molecule has 108 valence electrons. The highest BCUT2D eigenvalue weighted by Gasteiger charge is 2.30. The second-order valence-electron chi connectivity index (χ2n) is 5.59. The van der Waals surface area contributed by atoms with E-state index in [-0.39, 0.29) is 11.5 Å². The first-order valence-corrected chi connectivity index (χ1v) is 7.63. The van der Waals surface area contributed by atoms with Crippen LogP contribution in [-0.4, -0.2) is 22.9 Å². The number of rotatable bonds is 10. The summed E-state index contributed by atoms with van der Waals surface area (Å²) in [5.41, 5.74) is 5.89. The number of nitrogens with two attached hydrogens (primary N) is 1. The summed E-state index contributed by atoms with van der Waals surface area (Å²) >= 11 is 0. The molecule has 0 aromatic carbocycles. The summed E-state index contributed by atoms with van der Waals surface area (Å²) in [6, 6.07) is 0. The van der Waals surface area contributed by atoms with Gasteiger partial charge in [0.15, 0.2) is 5.96 Å². The Kier molecular flexibility index (Phi) is 8.86. The van der Waals surface area contributed by atoms with Gasteiger partial charge in [0.2, 0.25) is 0 Å². The molecule has 0 aromatic heterocycles. The molecule has 0 bridgehead atoms. The molecule has 3 heteroatoms. The molecule has 0 fully saturated rings. The quantitative estimate of drug-likeness (QED) is 0.350. The van der Waals surface area contributed by atoms with Crippen molar-refractivity contribution in [1.82, 2.24) is 4.90 Å². The predicted octanol–water partition coefficient (Wildman–Crippen LogP) is 4.12. The third kappa shape index (κ3) is 5.74. The summed E-state index contributed by atoms with van der Waals surface area (Å²) in [5.74, 6) is 0.248. The highest BCUT2D eigenvalue weighted by Crippen LogP contribution is 2.27. The second-order valence-corrected chi connectivity index (χ2v) is 5.59. The summed E-state index contributed by atoms with van der Waals surface area (Å²) < 4.78 is 0. The van der Waals surface area contributed by atoms with Crippen molar-refractivity contribution in [3.8, 4) is 0 Å². The molecule has 0 aliphatic carbocycles. The number of guanidine groups is 1. The van der Waals surface area contributed by atoms with Crippen LogP contribution in [0.2, 0.25) is 0 Å². The Morgan fingerprint density at radius 2 is 1.61 bits per heavy atom. The summed E-state index contributed by atoms with van der Waals surface area (Å²) in [6.45, 7) is 9.86. The van der Waals surface area contributed by atoms with Gasteiger partial charge in [0.25, 0.3) is 0 Å². The minimum atomic E-state index is 0.0737. The van der Waals surface area contributed by atoms with E-state index in [2.05, 4.69) is 32.6 Å². The van der Waals surface area contributed by atoms with E-state index in [0.29, 0.717) is 0 Å². The maximum absolute atomic E-state index is 7.86. The smallest absolute Gasteiger partial charge is 0.188 e. The summed E-state index contributed by atoms with van der Waals surface area (Å²) in [6.07, 6.45) is 9.42. The van der Waals surface area contributed by atoms with Gasteiger partial charge in [-0.05, 0) is 26.2 Å². The third-order valence-corrected chi connectivity index (χ3v) is 3.79. The van der Waals surface area contributed by atoms with E-state index in [0.717, 1.165) is 32.2 Å². The zero-order valence-corrected chi connectivity index (χ0v) is 12.9. The molecule has 0 rings (SSSR count). The van der Waals surface area contributed by atoms with Gasteiger partial charge in [-0.3, -0.25) is 5.41 Å². The van der Waals surface area contributed by atoms with Crippen LogP contribution in [0, 0.1) is 5.41 Å². The average molecular weight is 255 g/mol. The Hall–Kier alpha value is -0.730. The standard InChI is InChI=1S/C15H33N3/c1-5-8-10-13-18(14(16)17)15(4,11-7-3)12-9-6-2/h5-13H2,1-4H3,(H3,16,17).